The zero-order valence-corrected chi connectivity index (χ0v) is 15.1. The van der Waals surface area contributed by atoms with Crippen LogP contribution < -0.4 is 10.1 Å². The minimum atomic E-state index is 0.267. The number of nitrogens with one attached hydrogen (secondary N) is 1. The fourth-order valence-electron chi connectivity index (χ4n) is 3.54. The van der Waals surface area contributed by atoms with Crippen LogP contribution >= 0.6 is 11.3 Å². The Balaban J connectivity index is 1.61. The van der Waals surface area contributed by atoms with Gasteiger partial charge in [0.1, 0.15) is 17.9 Å². The van der Waals surface area contributed by atoms with E-state index in [0.717, 1.165) is 41.4 Å². The maximum atomic E-state index is 5.62. The number of likely N-dealkylation sites (tertiary alicyclic amines) is 1. The van der Waals surface area contributed by atoms with Gasteiger partial charge in [-0.1, -0.05) is 18.2 Å². The highest BCUT2D eigenvalue weighted by Gasteiger charge is 2.26. The second-order valence-corrected chi connectivity index (χ2v) is 7.16. The summed E-state index contributed by atoms with van der Waals surface area (Å²) in [6.45, 7) is 3.05. The molecule has 1 aliphatic rings. The fraction of sp³-hybridized carbons (Fsp3) is 0.368. The molecular formula is C19H22N4OS. The van der Waals surface area contributed by atoms with E-state index in [9.17, 15) is 0 Å². The van der Waals surface area contributed by atoms with Crippen LogP contribution in [0.1, 0.15) is 24.4 Å². The fourth-order valence-corrected chi connectivity index (χ4v) is 4.35. The highest BCUT2D eigenvalue weighted by Crippen LogP contribution is 2.32. The maximum absolute atomic E-state index is 5.62. The second-order valence-electron chi connectivity index (χ2n) is 6.24. The van der Waals surface area contributed by atoms with Gasteiger partial charge in [0.25, 0.3) is 0 Å². The Morgan fingerprint density at radius 2 is 2.04 bits per heavy atom. The number of rotatable bonds is 6. The molecule has 130 valence electrons. The largest absolute Gasteiger partial charge is 0.496 e. The van der Waals surface area contributed by atoms with Crippen LogP contribution in [0.15, 0.2) is 42.0 Å². The molecule has 0 radical (unpaired) electrons. The summed E-state index contributed by atoms with van der Waals surface area (Å²) in [5.41, 5.74) is 2.23. The van der Waals surface area contributed by atoms with E-state index in [-0.39, 0.29) is 6.04 Å². The molecule has 1 aliphatic heterocycles. The Kier molecular flexibility index (Phi) is 4.81. The second kappa shape index (κ2) is 7.37. The summed E-state index contributed by atoms with van der Waals surface area (Å²) in [7, 11) is 1.74. The summed E-state index contributed by atoms with van der Waals surface area (Å²) in [5, 5.41) is 5.62. The summed E-state index contributed by atoms with van der Waals surface area (Å²) in [5.74, 6) is 1.87. The molecule has 1 fully saturated rings. The van der Waals surface area contributed by atoms with Gasteiger partial charge in [0.15, 0.2) is 0 Å². The molecule has 5 nitrogen and oxygen atoms in total. The number of anilines is 1. The molecule has 1 aromatic carbocycles. The molecule has 0 aliphatic carbocycles. The average molecular weight is 354 g/mol. The SMILES string of the molecule is COc1ccccc1C(CNc1ncnc2ccsc12)N1CCCC1. The summed E-state index contributed by atoms with van der Waals surface area (Å²) < 4.78 is 6.73. The number of aromatic nitrogens is 2. The van der Waals surface area contributed by atoms with Crippen LogP contribution in [-0.4, -0.2) is 41.6 Å². The molecule has 0 spiro atoms. The number of para-hydroxylation sites is 1. The summed E-state index contributed by atoms with van der Waals surface area (Å²) >= 11 is 1.68. The Hall–Kier alpha value is -2.18. The van der Waals surface area contributed by atoms with Gasteiger partial charge in [0.2, 0.25) is 0 Å². The van der Waals surface area contributed by atoms with Gasteiger partial charge in [-0.2, -0.15) is 0 Å². The lowest BCUT2D eigenvalue weighted by Crippen LogP contribution is -2.31. The van der Waals surface area contributed by atoms with Crippen LogP contribution in [0.25, 0.3) is 10.2 Å². The average Bonchev–Trinajstić information content (AvgIpc) is 3.34. The van der Waals surface area contributed by atoms with E-state index in [0.29, 0.717) is 0 Å². The zero-order chi connectivity index (χ0) is 17.1. The van der Waals surface area contributed by atoms with Crippen LogP contribution in [0, 0.1) is 0 Å². The number of fused-ring (bicyclic) bond motifs is 1. The van der Waals surface area contributed by atoms with Gasteiger partial charge < -0.3 is 10.1 Å². The first-order valence-electron chi connectivity index (χ1n) is 8.66. The number of nitrogens with zero attached hydrogens (tertiary/aromatic N) is 3. The Bertz CT molecular complexity index is 844. The van der Waals surface area contributed by atoms with E-state index in [1.54, 1.807) is 24.8 Å². The highest BCUT2D eigenvalue weighted by molar-refractivity contribution is 7.17. The number of methoxy groups -OCH3 is 1. The molecule has 0 amide bonds. The Labute approximate surface area is 151 Å². The quantitative estimate of drug-likeness (QED) is 0.726. The van der Waals surface area contributed by atoms with E-state index >= 15 is 0 Å². The lowest BCUT2D eigenvalue weighted by atomic mass is 10.0. The van der Waals surface area contributed by atoms with Crippen LogP contribution in [0.2, 0.25) is 0 Å². The molecule has 3 heterocycles. The van der Waals surface area contributed by atoms with Crippen LogP contribution in [0.5, 0.6) is 5.75 Å². The third-order valence-corrected chi connectivity index (χ3v) is 5.70. The third-order valence-electron chi connectivity index (χ3n) is 4.79. The number of ether oxygens (including phenoxy) is 1. The minimum Gasteiger partial charge on any atom is -0.496 e. The lowest BCUT2D eigenvalue weighted by Gasteiger charge is -2.29. The molecule has 4 rings (SSSR count). The first kappa shape index (κ1) is 16.3. The molecule has 6 heteroatoms. The van der Waals surface area contributed by atoms with Crippen molar-refractivity contribution >= 4 is 27.4 Å². The van der Waals surface area contributed by atoms with Crippen molar-refractivity contribution in [3.05, 3.63) is 47.6 Å². The van der Waals surface area contributed by atoms with Gasteiger partial charge in [-0.25, -0.2) is 9.97 Å². The predicted octanol–water partition coefficient (Wildman–Crippen LogP) is 3.95. The van der Waals surface area contributed by atoms with Gasteiger partial charge in [0, 0.05) is 12.1 Å². The maximum Gasteiger partial charge on any atom is 0.147 e. The van der Waals surface area contributed by atoms with Crippen molar-refractivity contribution in [1.82, 2.24) is 14.9 Å². The molecule has 0 bridgehead atoms. The van der Waals surface area contributed by atoms with Crippen molar-refractivity contribution in [2.24, 2.45) is 0 Å². The van der Waals surface area contributed by atoms with E-state index in [1.165, 1.54) is 18.4 Å². The van der Waals surface area contributed by atoms with Crippen LogP contribution in [0.4, 0.5) is 5.82 Å². The number of thiophene rings is 1. The lowest BCUT2D eigenvalue weighted by molar-refractivity contribution is 0.249. The van der Waals surface area contributed by atoms with Crippen LogP contribution in [-0.2, 0) is 0 Å². The molecule has 0 saturated carbocycles. The molecule has 1 saturated heterocycles. The molecule has 2 aromatic heterocycles. The first-order valence-corrected chi connectivity index (χ1v) is 9.54. The predicted molar refractivity (Wildman–Crippen MR) is 102 cm³/mol. The Morgan fingerprint density at radius 1 is 1.20 bits per heavy atom. The van der Waals surface area contributed by atoms with E-state index in [4.69, 9.17) is 4.74 Å². The molecule has 3 aromatic rings. The van der Waals surface area contributed by atoms with Crippen molar-refractivity contribution in [3.8, 4) is 5.75 Å². The molecule has 1 N–H and O–H groups in total. The molecule has 25 heavy (non-hydrogen) atoms. The van der Waals surface area contributed by atoms with E-state index < -0.39 is 0 Å². The van der Waals surface area contributed by atoms with Crippen molar-refractivity contribution in [2.75, 3.05) is 32.1 Å². The highest BCUT2D eigenvalue weighted by atomic mass is 32.1. The summed E-state index contributed by atoms with van der Waals surface area (Å²) in [6, 6.07) is 10.6. The van der Waals surface area contributed by atoms with Gasteiger partial charge in [0.05, 0.1) is 23.4 Å². The normalized spacial score (nSPS) is 16.2. The van der Waals surface area contributed by atoms with Crippen molar-refractivity contribution < 1.29 is 4.74 Å². The van der Waals surface area contributed by atoms with Gasteiger partial charge >= 0.3 is 0 Å². The van der Waals surface area contributed by atoms with E-state index in [2.05, 4.69) is 37.7 Å². The van der Waals surface area contributed by atoms with Crippen molar-refractivity contribution in [1.29, 1.82) is 0 Å². The topological polar surface area (TPSA) is 50.3 Å². The smallest absolute Gasteiger partial charge is 0.147 e. The molecular weight excluding hydrogens is 332 g/mol. The number of benzene rings is 1. The first-order chi connectivity index (χ1) is 12.4. The van der Waals surface area contributed by atoms with Crippen molar-refractivity contribution in [2.45, 2.75) is 18.9 Å². The van der Waals surface area contributed by atoms with Crippen LogP contribution in [0.3, 0.4) is 0 Å². The third kappa shape index (κ3) is 3.32. The zero-order valence-electron chi connectivity index (χ0n) is 14.3. The van der Waals surface area contributed by atoms with Gasteiger partial charge in [-0.05, 0) is 43.4 Å². The van der Waals surface area contributed by atoms with Gasteiger partial charge in [-0.3, -0.25) is 4.90 Å². The van der Waals surface area contributed by atoms with E-state index in [1.807, 2.05) is 18.2 Å². The standard InChI is InChI=1S/C19H22N4OS/c1-24-17-7-3-2-6-14(17)16(23-9-4-5-10-23)12-20-19-18-15(8-11-25-18)21-13-22-19/h2-3,6-8,11,13,16H,4-5,9-10,12H2,1H3,(H,20,21,22). The molecule has 1 unspecified atom stereocenters. The monoisotopic (exact) mass is 354 g/mol. The summed E-state index contributed by atoms with van der Waals surface area (Å²) in [6.07, 6.45) is 4.15. The van der Waals surface area contributed by atoms with Crippen molar-refractivity contribution in [3.63, 3.8) is 0 Å². The minimum absolute atomic E-state index is 0.267. The molecule has 1 atom stereocenters. The number of hydrogen-bond acceptors (Lipinski definition) is 6. The summed E-state index contributed by atoms with van der Waals surface area (Å²) in [4.78, 5) is 11.3. The number of hydrogen-bond donors (Lipinski definition) is 1. The Morgan fingerprint density at radius 3 is 2.88 bits per heavy atom. The van der Waals surface area contributed by atoms with Gasteiger partial charge in [-0.15, -0.1) is 11.3 Å².